The van der Waals surface area contributed by atoms with E-state index in [1.54, 1.807) is 28.8 Å². The second kappa shape index (κ2) is 6.65. The van der Waals surface area contributed by atoms with Crippen molar-refractivity contribution in [2.75, 3.05) is 25.1 Å². The number of urea groups is 1. The minimum Gasteiger partial charge on any atom is -0.478 e. The Balaban J connectivity index is 2.06. The monoisotopic (exact) mass is 294 g/mol. The number of thioether (sulfide) groups is 1. The summed E-state index contributed by atoms with van der Waals surface area (Å²) in [5.41, 5.74) is 2.13. The van der Waals surface area contributed by atoms with Crippen molar-refractivity contribution in [2.24, 2.45) is 0 Å². The molecule has 0 unspecified atom stereocenters. The van der Waals surface area contributed by atoms with E-state index in [0.29, 0.717) is 31.6 Å². The van der Waals surface area contributed by atoms with Gasteiger partial charge in [-0.05, 0) is 29.9 Å². The molecule has 0 saturated carbocycles. The molecule has 0 saturated heterocycles. The van der Waals surface area contributed by atoms with E-state index in [0.717, 1.165) is 16.9 Å². The average Bonchev–Trinajstić information content (AvgIpc) is 2.46. The summed E-state index contributed by atoms with van der Waals surface area (Å²) in [4.78, 5) is 24.9. The van der Waals surface area contributed by atoms with E-state index in [4.69, 9.17) is 5.11 Å². The van der Waals surface area contributed by atoms with Gasteiger partial charge in [0.15, 0.2) is 0 Å². The first-order valence-electron chi connectivity index (χ1n) is 6.49. The van der Waals surface area contributed by atoms with Crippen molar-refractivity contribution in [2.45, 2.75) is 13.0 Å². The number of nitrogens with zero attached hydrogens (tertiary/aromatic N) is 1. The fourth-order valence-corrected chi connectivity index (χ4v) is 2.66. The predicted molar refractivity (Wildman–Crippen MR) is 79.3 cm³/mol. The summed E-state index contributed by atoms with van der Waals surface area (Å²) in [6, 6.07) is 5.17. The zero-order chi connectivity index (χ0) is 14.5. The maximum absolute atomic E-state index is 12.0. The fraction of sp³-hybridized carbons (Fsp3) is 0.429. The zero-order valence-electron chi connectivity index (χ0n) is 11.4. The molecule has 0 bridgehead atoms. The van der Waals surface area contributed by atoms with E-state index >= 15 is 0 Å². The van der Waals surface area contributed by atoms with Crippen molar-refractivity contribution in [3.63, 3.8) is 0 Å². The maximum atomic E-state index is 12.0. The first-order valence-corrected chi connectivity index (χ1v) is 7.88. The van der Waals surface area contributed by atoms with Crippen LogP contribution in [0.25, 0.3) is 0 Å². The van der Waals surface area contributed by atoms with Crippen molar-refractivity contribution in [3.05, 3.63) is 34.9 Å². The summed E-state index contributed by atoms with van der Waals surface area (Å²) in [6.07, 6.45) is 2.59. The highest BCUT2D eigenvalue weighted by Gasteiger charge is 2.23. The van der Waals surface area contributed by atoms with E-state index < -0.39 is 5.97 Å². The number of carboxylic acids is 1. The lowest BCUT2D eigenvalue weighted by Gasteiger charge is -2.29. The van der Waals surface area contributed by atoms with Crippen LogP contribution >= 0.6 is 11.8 Å². The number of hydrogen-bond acceptors (Lipinski definition) is 3. The van der Waals surface area contributed by atoms with E-state index in [1.807, 2.05) is 12.3 Å². The average molecular weight is 294 g/mol. The lowest BCUT2D eigenvalue weighted by atomic mass is 9.95. The number of hydrogen-bond donors (Lipinski definition) is 2. The number of nitrogens with one attached hydrogen (secondary N) is 1. The van der Waals surface area contributed by atoms with Crippen LogP contribution in [0.2, 0.25) is 0 Å². The molecule has 20 heavy (non-hydrogen) atoms. The molecular weight excluding hydrogens is 276 g/mol. The number of benzene rings is 1. The van der Waals surface area contributed by atoms with Gasteiger partial charge in [-0.15, -0.1) is 0 Å². The van der Waals surface area contributed by atoms with Crippen LogP contribution in [0, 0.1) is 0 Å². The largest absolute Gasteiger partial charge is 0.478 e. The molecule has 2 amide bonds. The Morgan fingerprint density at radius 3 is 2.95 bits per heavy atom. The number of fused-ring (bicyclic) bond motifs is 1. The molecule has 0 fully saturated rings. The van der Waals surface area contributed by atoms with Gasteiger partial charge in [0.25, 0.3) is 0 Å². The molecule has 108 valence electrons. The van der Waals surface area contributed by atoms with Crippen molar-refractivity contribution in [1.29, 1.82) is 0 Å². The first kappa shape index (κ1) is 14.7. The summed E-state index contributed by atoms with van der Waals surface area (Å²) in [5.74, 6) is -0.0148. The van der Waals surface area contributed by atoms with Crippen molar-refractivity contribution in [3.8, 4) is 0 Å². The second-order valence-corrected chi connectivity index (χ2v) is 5.63. The van der Waals surface area contributed by atoms with Gasteiger partial charge >= 0.3 is 12.0 Å². The smallest absolute Gasteiger partial charge is 0.335 e. The van der Waals surface area contributed by atoms with Crippen LogP contribution < -0.4 is 5.32 Å². The molecule has 0 radical (unpaired) electrons. The minimum absolute atomic E-state index is 0.0783. The third kappa shape index (κ3) is 3.25. The van der Waals surface area contributed by atoms with E-state index in [2.05, 4.69) is 5.32 Å². The normalized spacial score (nSPS) is 13.8. The third-order valence-electron chi connectivity index (χ3n) is 3.37. The van der Waals surface area contributed by atoms with Crippen LogP contribution in [0.3, 0.4) is 0 Å². The highest BCUT2D eigenvalue weighted by atomic mass is 32.2. The maximum Gasteiger partial charge on any atom is 0.335 e. The Bertz CT molecular complexity index is 519. The van der Waals surface area contributed by atoms with Crippen LogP contribution in [-0.2, 0) is 13.0 Å². The van der Waals surface area contributed by atoms with Crippen LogP contribution in [0.4, 0.5) is 4.79 Å². The molecule has 0 aliphatic carbocycles. The van der Waals surface area contributed by atoms with Gasteiger partial charge in [0.05, 0.1) is 5.56 Å². The lowest BCUT2D eigenvalue weighted by molar-refractivity contribution is 0.0695. The Hall–Kier alpha value is -1.69. The van der Waals surface area contributed by atoms with Gasteiger partial charge in [0.2, 0.25) is 0 Å². The third-order valence-corrected chi connectivity index (χ3v) is 3.98. The predicted octanol–water partition coefficient (Wildman–Crippen LogP) is 1.82. The molecule has 0 atom stereocenters. The number of amides is 2. The number of carbonyl (C=O) groups is 2. The summed E-state index contributed by atoms with van der Waals surface area (Å²) in [6.45, 7) is 1.68. The Morgan fingerprint density at radius 2 is 2.25 bits per heavy atom. The molecule has 6 heteroatoms. The molecule has 2 N–H and O–H groups in total. The van der Waals surface area contributed by atoms with E-state index in [-0.39, 0.29) is 6.03 Å². The molecule has 1 heterocycles. The summed E-state index contributed by atoms with van der Waals surface area (Å²) >= 11 is 1.69. The van der Waals surface area contributed by atoms with Gasteiger partial charge < -0.3 is 15.3 Å². The summed E-state index contributed by atoms with van der Waals surface area (Å²) < 4.78 is 0. The lowest BCUT2D eigenvalue weighted by Crippen LogP contribution is -2.43. The zero-order valence-corrected chi connectivity index (χ0v) is 12.2. The van der Waals surface area contributed by atoms with Crippen molar-refractivity contribution in [1.82, 2.24) is 10.2 Å². The molecule has 0 spiro atoms. The second-order valence-electron chi connectivity index (χ2n) is 4.64. The topological polar surface area (TPSA) is 69.6 Å². The summed E-state index contributed by atoms with van der Waals surface area (Å²) in [7, 11) is 0. The number of aromatic carboxylic acids is 1. The van der Waals surface area contributed by atoms with Gasteiger partial charge in [-0.25, -0.2) is 9.59 Å². The molecular formula is C14H18N2O3S. The molecule has 5 nitrogen and oxygen atoms in total. The highest BCUT2D eigenvalue weighted by molar-refractivity contribution is 7.98. The van der Waals surface area contributed by atoms with Crippen molar-refractivity contribution >= 4 is 23.8 Å². The van der Waals surface area contributed by atoms with Gasteiger partial charge in [-0.3, -0.25) is 0 Å². The molecule has 2 rings (SSSR count). The van der Waals surface area contributed by atoms with Gasteiger partial charge in [0.1, 0.15) is 0 Å². The van der Waals surface area contributed by atoms with Crippen molar-refractivity contribution < 1.29 is 14.7 Å². The number of carbonyl (C=O) groups excluding carboxylic acids is 1. The highest BCUT2D eigenvalue weighted by Crippen LogP contribution is 2.22. The molecule has 1 aromatic rings. The van der Waals surface area contributed by atoms with Crippen LogP contribution in [0.5, 0.6) is 0 Å². The molecule has 1 aliphatic rings. The van der Waals surface area contributed by atoms with Crippen LogP contribution in [0.15, 0.2) is 18.2 Å². The SMILES string of the molecule is CSCCNC(=O)N1CCc2c(cccc2C(=O)O)C1. The van der Waals surface area contributed by atoms with E-state index in [1.165, 1.54) is 0 Å². The molecule has 1 aromatic carbocycles. The Labute approximate surface area is 122 Å². The number of carboxylic acid groups (broad SMARTS) is 1. The standard InChI is InChI=1S/C14H18N2O3S/c1-20-8-6-15-14(19)16-7-5-11-10(9-16)3-2-4-12(11)13(17)18/h2-4H,5-9H2,1H3,(H,15,19)(H,17,18). The Kier molecular flexibility index (Phi) is 4.89. The first-order chi connectivity index (χ1) is 9.63. The van der Waals surface area contributed by atoms with Gasteiger partial charge in [0, 0.05) is 25.4 Å². The van der Waals surface area contributed by atoms with E-state index in [9.17, 15) is 9.59 Å². The Morgan fingerprint density at radius 1 is 1.45 bits per heavy atom. The quantitative estimate of drug-likeness (QED) is 0.831. The molecule has 0 aromatic heterocycles. The minimum atomic E-state index is -0.903. The van der Waals surface area contributed by atoms with Gasteiger partial charge in [-0.2, -0.15) is 11.8 Å². The summed E-state index contributed by atoms with van der Waals surface area (Å²) in [5, 5.41) is 12.0. The fourth-order valence-electron chi connectivity index (χ4n) is 2.36. The number of rotatable bonds is 4. The van der Waals surface area contributed by atoms with Crippen LogP contribution in [-0.4, -0.2) is 47.1 Å². The van der Waals surface area contributed by atoms with Gasteiger partial charge in [-0.1, -0.05) is 12.1 Å². The van der Waals surface area contributed by atoms with Crippen LogP contribution in [0.1, 0.15) is 21.5 Å². The molecule has 1 aliphatic heterocycles.